The van der Waals surface area contributed by atoms with E-state index in [9.17, 15) is 0 Å². The minimum Gasteiger partial charge on any atom is -0.491 e. The Morgan fingerprint density at radius 3 is 3.07 bits per heavy atom. The molecule has 3 atom stereocenters. The molecule has 2 heterocycles. The number of likely N-dealkylation sites (tertiary alicyclic amines) is 1. The van der Waals surface area contributed by atoms with Gasteiger partial charge < -0.3 is 15.2 Å². The third-order valence-electron chi connectivity index (χ3n) is 6.02. The van der Waals surface area contributed by atoms with Crippen LogP contribution in [0.2, 0.25) is 0 Å². The largest absolute Gasteiger partial charge is 0.491 e. The predicted octanol–water partition coefficient (Wildman–Crippen LogP) is 3.01. The van der Waals surface area contributed by atoms with Crippen molar-refractivity contribution >= 4 is 16.6 Å². The third kappa shape index (κ3) is 3.45. The lowest BCUT2D eigenvalue weighted by Crippen LogP contribution is -2.44. The number of ether oxygens (including phenoxy) is 1. The first-order valence-corrected chi connectivity index (χ1v) is 10.0. The Kier molecular flexibility index (Phi) is 4.66. The molecule has 5 rings (SSSR count). The normalized spacial score (nSPS) is 24.1. The Labute approximate surface area is 164 Å². The first kappa shape index (κ1) is 17.5. The summed E-state index contributed by atoms with van der Waals surface area (Å²) in [5.74, 6) is 1.60. The zero-order valence-corrected chi connectivity index (χ0v) is 15.8. The molecule has 3 aromatic rings. The summed E-state index contributed by atoms with van der Waals surface area (Å²) in [5.41, 5.74) is 3.51. The fourth-order valence-corrected chi connectivity index (χ4v) is 4.85. The van der Waals surface area contributed by atoms with Gasteiger partial charge in [-0.15, -0.1) is 0 Å². The van der Waals surface area contributed by atoms with E-state index < -0.39 is 0 Å². The summed E-state index contributed by atoms with van der Waals surface area (Å²) in [6, 6.07) is 15.7. The van der Waals surface area contributed by atoms with Crippen LogP contribution >= 0.6 is 0 Å². The van der Waals surface area contributed by atoms with Crippen molar-refractivity contribution in [2.45, 2.75) is 31.5 Å². The average Bonchev–Trinajstić information content (AvgIpc) is 3.42. The molecule has 6 heteroatoms. The number of H-pyrrole nitrogens is 1. The maximum Gasteiger partial charge on any atom is 0.119 e. The van der Waals surface area contributed by atoms with Gasteiger partial charge in [0, 0.05) is 36.2 Å². The van der Waals surface area contributed by atoms with Gasteiger partial charge in [-0.3, -0.25) is 10.00 Å². The summed E-state index contributed by atoms with van der Waals surface area (Å²) in [6.45, 7) is 2.49. The van der Waals surface area contributed by atoms with Crippen LogP contribution in [0.15, 0.2) is 48.7 Å². The van der Waals surface area contributed by atoms with E-state index >= 15 is 0 Å². The van der Waals surface area contributed by atoms with E-state index in [1.54, 1.807) is 0 Å². The molecule has 28 heavy (non-hydrogen) atoms. The van der Waals surface area contributed by atoms with Gasteiger partial charge in [0.2, 0.25) is 0 Å². The van der Waals surface area contributed by atoms with Gasteiger partial charge in [-0.1, -0.05) is 12.1 Å². The minimum atomic E-state index is 0.0397. The molecule has 1 saturated heterocycles. The summed E-state index contributed by atoms with van der Waals surface area (Å²) in [7, 11) is 0. The summed E-state index contributed by atoms with van der Waals surface area (Å²) in [4.78, 5) is 2.60. The first-order chi connectivity index (χ1) is 13.8. The molecule has 0 spiro atoms. The minimum absolute atomic E-state index is 0.0397. The fourth-order valence-electron chi connectivity index (χ4n) is 4.85. The number of nitrogens with zero attached hydrogens (tertiary/aromatic N) is 2. The number of fused-ring (bicyclic) bond motifs is 3. The van der Waals surface area contributed by atoms with Crippen molar-refractivity contribution in [2.75, 3.05) is 25.1 Å². The number of hydrogen-bond donors (Lipinski definition) is 3. The van der Waals surface area contributed by atoms with Gasteiger partial charge in [0.15, 0.2) is 0 Å². The molecule has 3 unspecified atom stereocenters. The van der Waals surface area contributed by atoms with Crippen LogP contribution in [0.1, 0.15) is 18.4 Å². The number of aliphatic hydroxyl groups is 1. The number of aromatic nitrogens is 2. The molecule has 1 saturated carbocycles. The van der Waals surface area contributed by atoms with E-state index in [1.807, 2.05) is 18.3 Å². The van der Waals surface area contributed by atoms with E-state index in [4.69, 9.17) is 9.84 Å². The lowest BCUT2D eigenvalue weighted by atomic mass is 10.0. The summed E-state index contributed by atoms with van der Waals surface area (Å²) >= 11 is 0. The molecular formula is C22H26N4O2. The Morgan fingerprint density at radius 1 is 1.21 bits per heavy atom. The SMILES string of the molecule is OCCOc1cccc(CN2CC3CC(Nc4ccc5[nH]ncc5c4)C2C3)c1. The van der Waals surface area contributed by atoms with Crippen molar-refractivity contribution in [3.8, 4) is 5.75 Å². The highest BCUT2D eigenvalue weighted by Gasteiger charge is 2.44. The highest BCUT2D eigenvalue weighted by atomic mass is 16.5. The van der Waals surface area contributed by atoms with Crippen LogP contribution in [0.25, 0.3) is 10.9 Å². The van der Waals surface area contributed by atoms with E-state index in [2.05, 4.69) is 50.7 Å². The Bertz CT molecular complexity index is 956. The average molecular weight is 378 g/mol. The highest BCUT2D eigenvalue weighted by molar-refractivity contribution is 5.81. The number of benzene rings is 2. The van der Waals surface area contributed by atoms with Crippen molar-refractivity contribution in [3.05, 3.63) is 54.2 Å². The Balaban J connectivity index is 1.26. The Hall–Kier alpha value is -2.57. The molecule has 1 aromatic heterocycles. The molecule has 3 N–H and O–H groups in total. The standard InChI is InChI=1S/C22H26N4O2/c27-6-7-28-19-3-1-2-15(8-19)13-26-14-16-9-21(22(26)10-16)24-18-4-5-20-17(11-18)12-23-25-20/h1-5,8,11-12,16,21-22,24,27H,6-7,9-10,13-14H2,(H,23,25). The second-order valence-corrected chi connectivity index (χ2v) is 7.98. The van der Waals surface area contributed by atoms with Crippen LogP contribution in [-0.4, -0.2) is 52.0 Å². The first-order valence-electron chi connectivity index (χ1n) is 10.0. The van der Waals surface area contributed by atoms with Crippen LogP contribution in [-0.2, 0) is 6.54 Å². The van der Waals surface area contributed by atoms with Crippen molar-refractivity contribution in [3.63, 3.8) is 0 Å². The van der Waals surface area contributed by atoms with Gasteiger partial charge in [0.1, 0.15) is 12.4 Å². The molecule has 2 fully saturated rings. The van der Waals surface area contributed by atoms with E-state index in [1.165, 1.54) is 30.6 Å². The van der Waals surface area contributed by atoms with E-state index in [0.717, 1.165) is 29.1 Å². The molecule has 1 aliphatic carbocycles. The van der Waals surface area contributed by atoms with Crippen molar-refractivity contribution in [1.29, 1.82) is 0 Å². The lowest BCUT2D eigenvalue weighted by Gasteiger charge is -2.34. The molecule has 2 aliphatic rings. The van der Waals surface area contributed by atoms with Crippen molar-refractivity contribution < 1.29 is 9.84 Å². The topological polar surface area (TPSA) is 73.4 Å². The highest BCUT2D eigenvalue weighted by Crippen LogP contribution is 2.40. The summed E-state index contributed by atoms with van der Waals surface area (Å²) < 4.78 is 5.56. The zero-order valence-electron chi connectivity index (χ0n) is 15.8. The molecule has 6 nitrogen and oxygen atoms in total. The predicted molar refractivity (Wildman–Crippen MR) is 109 cm³/mol. The number of hydrogen-bond acceptors (Lipinski definition) is 5. The number of aliphatic hydroxyl groups excluding tert-OH is 1. The van der Waals surface area contributed by atoms with Gasteiger partial charge in [0.05, 0.1) is 18.3 Å². The summed E-state index contributed by atoms with van der Waals surface area (Å²) in [6.07, 6.45) is 4.38. The molecule has 146 valence electrons. The zero-order chi connectivity index (χ0) is 18.9. The number of aromatic amines is 1. The van der Waals surface area contributed by atoms with E-state index in [-0.39, 0.29) is 6.61 Å². The maximum atomic E-state index is 8.95. The van der Waals surface area contributed by atoms with Gasteiger partial charge in [0.25, 0.3) is 0 Å². The second kappa shape index (κ2) is 7.45. The van der Waals surface area contributed by atoms with Gasteiger partial charge in [-0.05, 0) is 54.7 Å². The van der Waals surface area contributed by atoms with Gasteiger partial charge >= 0.3 is 0 Å². The van der Waals surface area contributed by atoms with Crippen molar-refractivity contribution in [2.24, 2.45) is 5.92 Å². The lowest BCUT2D eigenvalue weighted by molar-refractivity contribution is 0.191. The summed E-state index contributed by atoms with van der Waals surface area (Å²) in [5, 5.41) is 21.0. The third-order valence-corrected chi connectivity index (χ3v) is 6.02. The maximum absolute atomic E-state index is 8.95. The number of nitrogens with one attached hydrogen (secondary N) is 2. The molecule has 2 bridgehead atoms. The van der Waals surface area contributed by atoms with Gasteiger partial charge in [-0.2, -0.15) is 5.10 Å². The number of anilines is 1. The molecule has 0 radical (unpaired) electrons. The number of piperidine rings is 1. The fraction of sp³-hybridized carbons (Fsp3) is 0.409. The van der Waals surface area contributed by atoms with E-state index in [0.29, 0.717) is 18.7 Å². The molecule has 0 amide bonds. The molecule has 1 aliphatic heterocycles. The second-order valence-electron chi connectivity index (χ2n) is 7.98. The van der Waals surface area contributed by atoms with Crippen LogP contribution in [0.5, 0.6) is 5.75 Å². The molecule has 2 aromatic carbocycles. The number of rotatable bonds is 7. The quantitative estimate of drug-likeness (QED) is 0.589. The van der Waals surface area contributed by atoms with Gasteiger partial charge in [-0.25, -0.2) is 0 Å². The van der Waals surface area contributed by atoms with Crippen LogP contribution in [0.3, 0.4) is 0 Å². The van der Waals surface area contributed by atoms with Crippen LogP contribution < -0.4 is 10.1 Å². The van der Waals surface area contributed by atoms with Crippen LogP contribution in [0.4, 0.5) is 5.69 Å². The monoisotopic (exact) mass is 378 g/mol. The smallest absolute Gasteiger partial charge is 0.119 e. The Morgan fingerprint density at radius 2 is 2.18 bits per heavy atom. The van der Waals surface area contributed by atoms with Crippen molar-refractivity contribution in [1.82, 2.24) is 15.1 Å². The van der Waals surface area contributed by atoms with Crippen LogP contribution in [0, 0.1) is 5.92 Å². The molecular weight excluding hydrogens is 352 g/mol.